The summed E-state index contributed by atoms with van der Waals surface area (Å²) in [6, 6.07) is 1.57. The number of benzene rings is 1. The van der Waals surface area contributed by atoms with Crippen LogP contribution < -0.4 is 5.32 Å². The minimum Gasteiger partial charge on any atom is -0.352 e. The van der Waals surface area contributed by atoms with Gasteiger partial charge >= 0.3 is 0 Å². The van der Waals surface area contributed by atoms with Crippen LogP contribution in [0, 0.1) is 17.5 Å². The van der Waals surface area contributed by atoms with Crippen molar-refractivity contribution < 1.29 is 18.0 Å². The summed E-state index contributed by atoms with van der Waals surface area (Å²) >= 11 is 0. The fraction of sp³-hybridized carbons (Fsp3) is 0.364. The molecule has 0 aliphatic heterocycles. The van der Waals surface area contributed by atoms with E-state index in [0.717, 1.165) is 6.07 Å². The van der Waals surface area contributed by atoms with Crippen LogP contribution in [-0.2, 0) is 0 Å². The molecule has 0 unspecified atom stereocenters. The lowest BCUT2D eigenvalue weighted by atomic mass is 10.2. The van der Waals surface area contributed by atoms with E-state index < -0.39 is 28.9 Å². The van der Waals surface area contributed by atoms with Crippen molar-refractivity contribution in [2.75, 3.05) is 13.1 Å². The summed E-state index contributed by atoms with van der Waals surface area (Å²) in [4.78, 5) is 14.1. The van der Waals surface area contributed by atoms with Gasteiger partial charge in [0.05, 0.1) is 5.56 Å². The third-order valence-electron chi connectivity index (χ3n) is 2.31. The zero-order valence-electron chi connectivity index (χ0n) is 9.87. The molecule has 0 aliphatic carbocycles. The molecule has 0 spiro atoms. The van der Waals surface area contributed by atoms with Gasteiger partial charge in [-0.15, -0.1) is 0 Å². The van der Waals surface area contributed by atoms with Crippen LogP contribution in [-0.4, -0.2) is 19.0 Å². The molecular weight excluding hydrogens is 261 g/mol. The van der Waals surface area contributed by atoms with E-state index in [9.17, 15) is 18.0 Å². The van der Waals surface area contributed by atoms with E-state index in [1.165, 1.54) is 0 Å². The second-order valence-electron chi connectivity index (χ2n) is 3.64. The van der Waals surface area contributed by atoms with Crippen molar-refractivity contribution in [3.05, 3.63) is 45.6 Å². The molecule has 5 nitrogen and oxygen atoms in total. The van der Waals surface area contributed by atoms with E-state index in [0.29, 0.717) is 25.5 Å². The fourth-order valence-corrected chi connectivity index (χ4v) is 1.35. The van der Waals surface area contributed by atoms with E-state index in [1.807, 2.05) is 0 Å². The Bertz CT molecular complexity index is 515. The first-order valence-electron chi connectivity index (χ1n) is 5.50. The van der Waals surface area contributed by atoms with Gasteiger partial charge in [0.2, 0.25) is 0 Å². The lowest BCUT2D eigenvalue weighted by molar-refractivity contribution is 0.0947. The van der Waals surface area contributed by atoms with Gasteiger partial charge in [0.25, 0.3) is 5.91 Å². The zero-order chi connectivity index (χ0) is 14.3. The first-order valence-corrected chi connectivity index (χ1v) is 5.50. The number of carbonyl (C=O) groups excluding carboxylic acids is 1. The Morgan fingerprint density at radius 1 is 1.26 bits per heavy atom. The highest BCUT2D eigenvalue weighted by Gasteiger charge is 2.18. The summed E-state index contributed by atoms with van der Waals surface area (Å²) < 4.78 is 38.8. The van der Waals surface area contributed by atoms with Crippen LogP contribution in [0.15, 0.2) is 17.2 Å². The Hall–Kier alpha value is -2.21. The van der Waals surface area contributed by atoms with Gasteiger partial charge in [0.1, 0.15) is 0 Å². The Balaban J connectivity index is 2.50. The van der Waals surface area contributed by atoms with Gasteiger partial charge in [-0.3, -0.25) is 4.79 Å². The molecule has 0 atom stereocenters. The third-order valence-corrected chi connectivity index (χ3v) is 2.31. The predicted molar refractivity (Wildman–Crippen MR) is 61.9 cm³/mol. The number of hydrogen-bond acceptors (Lipinski definition) is 2. The van der Waals surface area contributed by atoms with Gasteiger partial charge in [0, 0.05) is 18.0 Å². The molecule has 1 aromatic rings. The average molecular weight is 272 g/mol. The molecule has 0 fully saturated rings. The minimum absolute atomic E-state index is 0.220. The summed E-state index contributed by atoms with van der Waals surface area (Å²) in [5.74, 6) is -5.34. The van der Waals surface area contributed by atoms with Crippen molar-refractivity contribution in [3.63, 3.8) is 0 Å². The highest BCUT2D eigenvalue weighted by Crippen LogP contribution is 2.14. The normalized spacial score (nSPS) is 9.84. The van der Waals surface area contributed by atoms with Crippen LogP contribution in [0.25, 0.3) is 10.4 Å². The maximum atomic E-state index is 13.3. The van der Waals surface area contributed by atoms with E-state index in [1.54, 1.807) is 0 Å². The van der Waals surface area contributed by atoms with Crippen molar-refractivity contribution in [3.8, 4) is 0 Å². The Morgan fingerprint density at radius 2 is 2.00 bits per heavy atom. The molecule has 0 radical (unpaired) electrons. The van der Waals surface area contributed by atoms with Gasteiger partial charge in [0.15, 0.2) is 17.5 Å². The van der Waals surface area contributed by atoms with Crippen molar-refractivity contribution in [1.29, 1.82) is 0 Å². The molecule has 1 amide bonds. The number of amides is 1. The van der Waals surface area contributed by atoms with Crippen LogP contribution in [0.2, 0.25) is 0 Å². The number of hydrogen-bond donors (Lipinski definition) is 1. The summed E-state index contributed by atoms with van der Waals surface area (Å²) in [6.07, 6.45) is 1.08. The van der Waals surface area contributed by atoms with Crippen LogP contribution in [0.1, 0.15) is 23.2 Å². The number of carbonyl (C=O) groups is 1. The standard InChI is InChI=1S/C11H11F3N4O/c12-8-4-3-7(9(13)10(8)14)11(19)16-5-1-2-6-17-18-15/h3-4H,1-2,5-6H2,(H,16,19). The van der Waals surface area contributed by atoms with E-state index in [2.05, 4.69) is 15.3 Å². The molecule has 1 aromatic carbocycles. The lowest BCUT2D eigenvalue weighted by Crippen LogP contribution is -2.26. The quantitative estimate of drug-likeness (QED) is 0.279. The van der Waals surface area contributed by atoms with E-state index >= 15 is 0 Å². The van der Waals surface area contributed by atoms with Gasteiger partial charge < -0.3 is 5.32 Å². The molecule has 19 heavy (non-hydrogen) atoms. The minimum atomic E-state index is -1.67. The molecule has 8 heteroatoms. The van der Waals surface area contributed by atoms with Crippen LogP contribution in [0.4, 0.5) is 13.2 Å². The second-order valence-corrected chi connectivity index (χ2v) is 3.64. The van der Waals surface area contributed by atoms with Gasteiger partial charge in [-0.1, -0.05) is 5.11 Å². The molecule has 1 N–H and O–H groups in total. The van der Waals surface area contributed by atoms with E-state index in [-0.39, 0.29) is 6.54 Å². The SMILES string of the molecule is [N-]=[N+]=NCCCCNC(=O)c1ccc(F)c(F)c1F. The fourth-order valence-electron chi connectivity index (χ4n) is 1.35. The summed E-state index contributed by atoms with van der Waals surface area (Å²) in [6.45, 7) is 0.518. The number of rotatable bonds is 6. The first kappa shape index (κ1) is 14.8. The molecule has 0 aliphatic rings. The Kier molecular flexibility index (Phi) is 5.69. The maximum Gasteiger partial charge on any atom is 0.254 e. The zero-order valence-corrected chi connectivity index (χ0v) is 9.87. The van der Waals surface area contributed by atoms with Crippen LogP contribution in [0.5, 0.6) is 0 Å². The maximum absolute atomic E-state index is 13.3. The summed E-state index contributed by atoms with van der Waals surface area (Å²) in [5.41, 5.74) is 7.47. The number of azide groups is 1. The van der Waals surface area contributed by atoms with Crippen LogP contribution >= 0.6 is 0 Å². The lowest BCUT2D eigenvalue weighted by Gasteiger charge is -2.06. The smallest absolute Gasteiger partial charge is 0.254 e. The highest BCUT2D eigenvalue weighted by molar-refractivity contribution is 5.94. The number of halogens is 3. The topological polar surface area (TPSA) is 77.9 Å². The molecule has 0 saturated carbocycles. The number of nitrogens with one attached hydrogen (secondary N) is 1. The Morgan fingerprint density at radius 3 is 2.68 bits per heavy atom. The predicted octanol–water partition coefficient (Wildman–Crippen LogP) is 2.92. The molecule has 0 aromatic heterocycles. The Labute approximate surface area is 107 Å². The summed E-state index contributed by atoms with van der Waals surface area (Å²) in [5, 5.41) is 5.66. The van der Waals surface area contributed by atoms with Crippen molar-refractivity contribution in [2.24, 2.45) is 5.11 Å². The molecule has 1 rings (SSSR count). The number of unbranched alkanes of at least 4 members (excludes halogenated alkanes) is 1. The molecule has 0 heterocycles. The average Bonchev–Trinajstić information content (AvgIpc) is 2.40. The molecule has 0 bridgehead atoms. The molecule has 102 valence electrons. The number of nitrogens with zero attached hydrogens (tertiary/aromatic N) is 3. The largest absolute Gasteiger partial charge is 0.352 e. The molecular formula is C11H11F3N4O. The monoisotopic (exact) mass is 272 g/mol. The molecule has 0 saturated heterocycles. The van der Waals surface area contributed by atoms with Gasteiger partial charge in [-0.25, -0.2) is 13.2 Å². The third kappa shape index (κ3) is 4.18. The van der Waals surface area contributed by atoms with Crippen molar-refractivity contribution in [2.45, 2.75) is 12.8 Å². The summed E-state index contributed by atoms with van der Waals surface area (Å²) in [7, 11) is 0. The van der Waals surface area contributed by atoms with Crippen molar-refractivity contribution in [1.82, 2.24) is 5.32 Å². The van der Waals surface area contributed by atoms with E-state index in [4.69, 9.17) is 5.53 Å². The van der Waals surface area contributed by atoms with Gasteiger partial charge in [-0.05, 0) is 30.5 Å². The first-order chi connectivity index (χ1) is 9.07. The van der Waals surface area contributed by atoms with Crippen molar-refractivity contribution >= 4 is 5.91 Å². The van der Waals surface area contributed by atoms with Gasteiger partial charge in [-0.2, -0.15) is 0 Å². The highest BCUT2D eigenvalue weighted by atomic mass is 19.2. The second kappa shape index (κ2) is 7.27. The van der Waals surface area contributed by atoms with Crippen LogP contribution in [0.3, 0.4) is 0 Å².